The van der Waals surface area contributed by atoms with Crippen LogP contribution < -0.4 is 4.74 Å². The number of thioether (sulfide) groups is 1. The van der Waals surface area contributed by atoms with Crippen molar-refractivity contribution in [2.45, 2.75) is 49.7 Å². The van der Waals surface area contributed by atoms with Crippen LogP contribution in [0.4, 0.5) is 0 Å². The highest BCUT2D eigenvalue weighted by Gasteiger charge is 2.19. The van der Waals surface area contributed by atoms with Crippen molar-refractivity contribution in [1.82, 2.24) is 14.8 Å². The van der Waals surface area contributed by atoms with Gasteiger partial charge in [-0.05, 0) is 36.1 Å². The lowest BCUT2D eigenvalue weighted by Gasteiger charge is -2.19. The molecule has 0 fully saturated rings. The van der Waals surface area contributed by atoms with Gasteiger partial charge in [0.05, 0.1) is 17.8 Å². The zero-order valence-electron chi connectivity index (χ0n) is 18.6. The third-order valence-electron chi connectivity index (χ3n) is 5.03. The first-order chi connectivity index (χ1) is 14.7. The summed E-state index contributed by atoms with van der Waals surface area (Å²) in [6.07, 6.45) is 0. The van der Waals surface area contributed by atoms with Gasteiger partial charge in [0.25, 0.3) is 0 Å². The van der Waals surface area contributed by atoms with E-state index in [1.807, 2.05) is 11.5 Å². The van der Waals surface area contributed by atoms with Gasteiger partial charge in [-0.1, -0.05) is 62.9 Å². The maximum atomic E-state index is 12.7. The van der Waals surface area contributed by atoms with Gasteiger partial charge in [-0.25, -0.2) is 8.42 Å². The second kappa shape index (κ2) is 9.44. The highest BCUT2D eigenvalue weighted by Crippen LogP contribution is 2.28. The van der Waals surface area contributed by atoms with E-state index in [2.05, 4.69) is 55.2 Å². The molecular weight excluding hydrogens is 430 g/mol. The van der Waals surface area contributed by atoms with E-state index < -0.39 is 9.84 Å². The molecule has 0 atom stereocenters. The summed E-state index contributed by atoms with van der Waals surface area (Å²) in [7, 11) is -1.88. The number of aromatic nitrogens is 3. The summed E-state index contributed by atoms with van der Waals surface area (Å²) in [4.78, 5) is 0.268. The molecule has 1 heterocycles. The van der Waals surface area contributed by atoms with Crippen LogP contribution in [0.25, 0.3) is 11.4 Å². The van der Waals surface area contributed by atoms with Crippen molar-refractivity contribution in [3.8, 4) is 17.1 Å². The fourth-order valence-corrected chi connectivity index (χ4v) is 5.85. The lowest BCUT2D eigenvalue weighted by molar-refractivity contribution is 0.413. The van der Waals surface area contributed by atoms with Crippen LogP contribution in [0.3, 0.4) is 0 Å². The van der Waals surface area contributed by atoms with Gasteiger partial charge in [0.1, 0.15) is 5.75 Å². The first-order valence-corrected chi connectivity index (χ1v) is 12.8. The van der Waals surface area contributed by atoms with Crippen LogP contribution in [-0.4, -0.2) is 41.8 Å². The van der Waals surface area contributed by atoms with Crippen LogP contribution in [0, 0.1) is 0 Å². The van der Waals surface area contributed by atoms with Crippen molar-refractivity contribution in [1.29, 1.82) is 0 Å². The first-order valence-electron chi connectivity index (χ1n) is 10.2. The van der Waals surface area contributed by atoms with Crippen LogP contribution in [0.5, 0.6) is 5.75 Å². The van der Waals surface area contributed by atoms with E-state index in [9.17, 15) is 8.42 Å². The predicted octanol–water partition coefficient (Wildman–Crippen LogP) is 4.84. The second-order valence-electron chi connectivity index (χ2n) is 8.22. The zero-order valence-corrected chi connectivity index (χ0v) is 20.3. The summed E-state index contributed by atoms with van der Waals surface area (Å²) in [5.74, 6) is 1.72. The van der Waals surface area contributed by atoms with Crippen LogP contribution >= 0.6 is 11.8 Å². The van der Waals surface area contributed by atoms with E-state index in [4.69, 9.17) is 4.74 Å². The number of sulfone groups is 1. The highest BCUT2D eigenvalue weighted by atomic mass is 32.2. The predicted molar refractivity (Wildman–Crippen MR) is 126 cm³/mol. The molecule has 0 saturated heterocycles. The molecule has 0 N–H and O–H groups in total. The Morgan fingerprint density at radius 1 is 1.06 bits per heavy atom. The highest BCUT2D eigenvalue weighted by molar-refractivity contribution is 8.00. The number of benzene rings is 2. The van der Waals surface area contributed by atoms with Crippen molar-refractivity contribution in [2.24, 2.45) is 0 Å². The lowest BCUT2D eigenvalue weighted by atomic mass is 9.87. The van der Waals surface area contributed by atoms with E-state index in [1.54, 1.807) is 24.3 Å². The zero-order chi connectivity index (χ0) is 22.6. The number of hydrogen-bond donors (Lipinski definition) is 0. The Morgan fingerprint density at radius 2 is 1.77 bits per heavy atom. The van der Waals surface area contributed by atoms with Crippen molar-refractivity contribution >= 4 is 21.6 Å². The summed E-state index contributed by atoms with van der Waals surface area (Å²) in [5.41, 5.74) is 2.35. The maximum absolute atomic E-state index is 12.7. The van der Waals surface area contributed by atoms with Gasteiger partial charge in [0.15, 0.2) is 20.8 Å². The molecule has 0 aliphatic rings. The quantitative estimate of drug-likeness (QED) is 0.449. The molecule has 6 nitrogen and oxygen atoms in total. The molecule has 3 aromatic rings. The van der Waals surface area contributed by atoms with E-state index >= 15 is 0 Å². The molecule has 0 aliphatic heterocycles. The Morgan fingerprint density at radius 3 is 2.39 bits per heavy atom. The molecule has 0 radical (unpaired) electrons. The van der Waals surface area contributed by atoms with Gasteiger partial charge in [0, 0.05) is 17.9 Å². The maximum Gasteiger partial charge on any atom is 0.191 e. The monoisotopic (exact) mass is 459 g/mol. The molecule has 0 amide bonds. The summed E-state index contributed by atoms with van der Waals surface area (Å²) < 4.78 is 32.5. The molecule has 166 valence electrons. The fourth-order valence-electron chi connectivity index (χ4n) is 3.17. The van der Waals surface area contributed by atoms with Crippen molar-refractivity contribution in [3.63, 3.8) is 0 Å². The van der Waals surface area contributed by atoms with E-state index in [0.717, 1.165) is 16.5 Å². The molecule has 3 rings (SSSR count). The second-order valence-corrected chi connectivity index (χ2v) is 11.4. The van der Waals surface area contributed by atoms with Gasteiger partial charge in [0.2, 0.25) is 0 Å². The third-order valence-corrected chi connectivity index (χ3v) is 7.97. The average Bonchev–Trinajstić information content (AvgIpc) is 3.16. The number of rotatable bonds is 8. The van der Waals surface area contributed by atoms with Crippen molar-refractivity contribution < 1.29 is 13.2 Å². The minimum atomic E-state index is -3.41. The number of hydrogen-bond acceptors (Lipinski definition) is 6. The van der Waals surface area contributed by atoms with Gasteiger partial charge in [-0.3, -0.25) is 0 Å². The van der Waals surface area contributed by atoms with Crippen molar-refractivity contribution in [2.75, 3.05) is 18.6 Å². The number of nitrogens with zero attached hydrogens (tertiary/aromatic N) is 3. The molecule has 1 aromatic heterocycles. The number of ether oxygens (including phenoxy) is 1. The standard InChI is InChI=1S/C23H29N3O3S2/c1-6-26-21(17-10-12-18(13-11-17)23(2,3)4)24-25-22(26)30-14-15-31(27,28)20-9-7-8-19(16-20)29-5/h7-13,16H,6,14-15H2,1-5H3. The van der Waals surface area contributed by atoms with Crippen LogP contribution in [0.15, 0.2) is 58.6 Å². The van der Waals surface area contributed by atoms with Crippen molar-refractivity contribution in [3.05, 3.63) is 54.1 Å². The molecule has 0 aliphatic carbocycles. The summed E-state index contributed by atoms with van der Waals surface area (Å²) >= 11 is 1.40. The molecule has 0 bridgehead atoms. The Labute approximate surface area is 189 Å². The molecule has 0 spiro atoms. The Balaban J connectivity index is 1.72. The molecular formula is C23H29N3O3S2. The Kier molecular flexibility index (Phi) is 7.11. The molecule has 0 unspecified atom stereocenters. The Bertz CT molecular complexity index is 1130. The summed E-state index contributed by atoms with van der Waals surface area (Å²) in [6, 6.07) is 14.9. The summed E-state index contributed by atoms with van der Waals surface area (Å²) in [5, 5.41) is 9.41. The fraction of sp³-hybridized carbons (Fsp3) is 0.391. The SMILES string of the molecule is CCn1c(SCCS(=O)(=O)c2cccc(OC)c2)nnc1-c1ccc(C(C)(C)C)cc1. The van der Waals surface area contributed by atoms with Gasteiger partial charge >= 0.3 is 0 Å². The number of methoxy groups -OCH3 is 1. The van der Waals surface area contributed by atoms with Gasteiger partial charge < -0.3 is 9.30 Å². The molecule has 0 saturated carbocycles. The minimum absolute atomic E-state index is 0.0109. The van der Waals surface area contributed by atoms with E-state index in [1.165, 1.54) is 24.4 Å². The first kappa shape index (κ1) is 23.3. The van der Waals surface area contributed by atoms with Gasteiger partial charge in [-0.15, -0.1) is 10.2 Å². The van der Waals surface area contributed by atoms with E-state index in [0.29, 0.717) is 18.0 Å². The van der Waals surface area contributed by atoms with Crippen LogP contribution in [-0.2, 0) is 21.8 Å². The Hall–Kier alpha value is -2.32. The lowest BCUT2D eigenvalue weighted by Crippen LogP contribution is -2.10. The largest absolute Gasteiger partial charge is 0.497 e. The normalized spacial score (nSPS) is 12.2. The minimum Gasteiger partial charge on any atom is -0.497 e. The van der Waals surface area contributed by atoms with Crippen LogP contribution in [0.1, 0.15) is 33.3 Å². The third kappa shape index (κ3) is 5.49. The molecule has 2 aromatic carbocycles. The smallest absolute Gasteiger partial charge is 0.191 e. The average molecular weight is 460 g/mol. The molecule has 31 heavy (non-hydrogen) atoms. The summed E-state index contributed by atoms with van der Waals surface area (Å²) in [6.45, 7) is 9.29. The van der Waals surface area contributed by atoms with Gasteiger partial charge in [-0.2, -0.15) is 0 Å². The van der Waals surface area contributed by atoms with E-state index in [-0.39, 0.29) is 16.1 Å². The van der Waals surface area contributed by atoms with Crippen LogP contribution in [0.2, 0.25) is 0 Å². The topological polar surface area (TPSA) is 74.1 Å². The molecule has 8 heteroatoms.